The molecule has 0 radical (unpaired) electrons. The molecule has 1 amide bonds. The van der Waals surface area contributed by atoms with Gasteiger partial charge in [0.15, 0.2) is 0 Å². The number of carbonyl (C=O) groups excluding carboxylic acids is 1. The molecule has 3 nitrogen and oxygen atoms in total. The molecule has 0 unspecified atom stereocenters. The fourth-order valence-electron chi connectivity index (χ4n) is 2.87. The van der Waals surface area contributed by atoms with Gasteiger partial charge in [-0.15, -0.1) is 0 Å². The van der Waals surface area contributed by atoms with Crippen LogP contribution in [0.3, 0.4) is 0 Å². The van der Waals surface area contributed by atoms with Crippen molar-refractivity contribution in [1.29, 1.82) is 0 Å². The fourth-order valence-corrected chi connectivity index (χ4v) is 2.87. The quantitative estimate of drug-likeness (QED) is 0.273. The molecule has 3 heteroatoms. The number of nitrogens with one attached hydrogen (secondary N) is 1. The van der Waals surface area contributed by atoms with Crippen molar-refractivity contribution in [2.24, 2.45) is 0 Å². The molecule has 0 atom stereocenters. The SMILES string of the molecule is CCCCCCCCCCCCCCCCNC(=O)OCCCC. The van der Waals surface area contributed by atoms with E-state index >= 15 is 0 Å². The zero-order chi connectivity index (χ0) is 17.7. The Hall–Kier alpha value is -0.730. The van der Waals surface area contributed by atoms with E-state index < -0.39 is 0 Å². The summed E-state index contributed by atoms with van der Waals surface area (Å²) in [4.78, 5) is 11.3. The van der Waals surface area contributed by atoms with E-state index in [4.69, 9.17) is 4.74 Å². The van der Waals surface area contributed by atoms with Crippen LogP contribution in [-0.4, -0.2) is 19.2 Å². The lowest BCUT2D eigenvalue weighted by atomic mass is 10.0. The smallest absolute Gasteiger partial charge is 0.407 e. The average Bonchev–Trinajstić information content (AvgIpc) is 2.58. The lowest BCUT2D eigenvalue weighted by molar-refractivity contribution is 0.144. The first-order valence-corrected chi connectivity index (χ1v) is 10.7. The second-order valence-corrected chi connectivity index (χ2v) is 7.01. The molecule has 1 N–H and O–H groups in total. The van der Waals surface area contributed by atoms with E-state index in [9.17, 15) is 4.79 Å². The van der Waals surface area contributed by atoms with Gasteiger partial charge in [-0.1, -0.05) is 104 Å². The summed E-state index contributed by atoms with van der Waals surface area (Å²) in [5.74, 6) is 0. The summed E-state index contributed by atoms with van der Waals surface area (Å²) in [6, 6.07) is 0. The Morgan fingerprint density at radius 1 is 0.625 bits per heavy atom. The Bertz CT molecular complexity index is 256. The van der Waals surface area contributed by atoms with Crippen molar-refractivity contribution in [2.75, 3.05) is 13.2 Å². The lowest BCUT2D eigenvalue weighted by Gasteiger charge is -2.06. The normalized spacial score (nSPS) is 10.8. The van der Waals surface area contributed by atoms with Crippen LogP contribution in [0.5, 0.6) is 0 Å². The van der Waals surface area contributed by atoms with Gasteiger partial charge in [-0.25, -0.2) is 4.79 Å². The van der Waals surface area contributed by atoms with Crippen LogP contribution in [0.15, 0.2) is 0 Å². The number of ether oxygens (including phenoxy) is 1. The summed E-state index contributed by atoms with van der Waals surface area (Å²) in [7, 11) is 0. The van der Waals surface area contributed by atoms with Crippen LogP contribution in [0.25, 0.3) is 0 Å². The van der Waals surface area contributed by atoms with Crippen molar-refractivity contribution in [1.82, 2.24) is 5.32 Å². The Kier molecular flexibility index (Phi) is 19.7. The number of hydrogen-bond donors (Lipinski definition) is 1. The first-order valence-electron chi connectivity index (χ1n) is 10.7. The summed E-state index contributed by atoms with van der Waals surface area (Å²) in [6.07, 6.45) is 20.8. The van der Waals surface area contributed by atoms with Crippen molar-refractivity contribution in [3.8, 4) is 0 Å². The number of carbonyl (C=O) groups is 1. The second-order valence-electron chi connectivity index (χ2n) is 7.01. The molecule has 0 bridgehead atoms. The first kappa shape index (κ1) is 23.3. The van der Waals surface area contributed by atoms with Crippen LogP contribution in [0.4, 0.5) is 4.79 Å². The third kappa shape index (κ3) is 19.3. The molecule has 0 spiro atoms. The van der Waals surface area contributed by atoms with Gasteiger partial charge in [0, 0.05) is 6.54 Å². The Labute approximate surface area is 151 Å². The third-order valence-corrected chi connectivity index (χ3v) is 4.53. The molecule has 0 aliphatic heterocycles. The molecule has 0 aromatic carbocycles. The second kappa shape index (κ2) is 20.3. The minimum absolute atomic E-state index is 0.252. The highest BCUT2D eigenvalue weighted by Crippen LogP contribution is 2.12. The van der Waals surface area contributed by atoms with Gasteiger partial charge in [0.25, 0.3) is 0 Å². The number of unbranched alkanes of at least 4 members (excludes halogenated alkanes) is 14. The summed E-state index contributed by atoms with van der Waals surface area (Å²) in [5.41, 5.74) is 0. The molecular formula is C21H43NO2. The van der Waals surface area contributed by atoms with Crippen LogP contribution < -0.4 is 5.32 Å². The highest BCUT2D eigenvalue weighted by Gasteiger charge is 1.99. The average molecular weight is 342 g/mol. The Morgan fingerprint density at radius 3 is 1.50 bits per heavy atom. The van der Waals surface area contributed by atoms with Crippen molar-refractivity contribution < 1.29 is 9.53 Å². The standard InChI is InChI=1S/C21H43NO2/c1-3-5-7-8-9-10-11-12-13-14-15-16-17-18-19-22-21(23)24-20-6-4-2/h3-20H2,1-2H3,(H,22,23). The van der Waals surface area contributed by atoms with E-state index in [0.29, 0.717) is 6.61 Å². The van der Waals surface area contributed by atoms with Gasteiger partial charge in [-0.2, -0.15) is 0 Å². The van der Waals surface area contributed by atoms with Crippen LogP contribution in [0, 0.1) is 0 Å². The van der Waals surface area contributed by atoms with Crippen LogP contribution >= 0.6 is 0 Å². The molecule has 0 aliphatic carbocycles. The summed E-state index contributed by atoms with van der Waals surface area (Å²) >= 11 is 0. The van der Waals surface area contributed by atoms with Crippen LogP contribution in [0.2, 0.25) is 0 Å². The summed E-state index contributed by atoms with van der Waals surface area (Å²) in [5, 5.41) is 2.82. The van der Waals surface area contributed by atoms with Crippen molar-refractivity contribution >= 4 is 6.09 Å². The van der Waals surface area contributed by atoms with Gasteiger partial charge < -0.3 is 10.1 Å². The number of alkyl carbamates (subject to hydrolysis) is 1. The van der Waals surface area contributed by atoms with Gasteiger partial charge in [-0.05, 0) is 12.8 Å². The third-order valence-electron chi connectivity index (χ3n) is 4.53. The van der Waals surface area contributed by atoms with Gasteiger partial charge in [0.1, 0.15) is 0 Å². The van der Waals surface area contributed by atoms with E-state index in [0.717, 1.165) is 25.8 Å². The summed E-state index contributed by atoms with van der Waals surface area (Å²) in [6.45, 7) is 5.67. The molecule has 24 heavy (non-hydrogen) atoms. The number of hydrogen-bond acceptors (Lipinski definition) is 2. The molecule has 0 aliphatic rings. The Morgan fingerprint density at radius 2 is 1.04 bits per heavy atom. The minimum Gasteiger partial charge on any atom is -0.450 e. The Balaban J connectivity index is 3.06. The van der Waals surface area contributed by atoms with Crippen molar-refractivity contribution in [3.05, 3.63) is 0 Å². The van der Waals surface area contributed by atoms with Gasteiger partial charge >= 0.3 is 6.09 Å². The van der Waals surface area contributed by atoms with Crippen LogP contribution in [0.1, 0.15) is 117 Å². The fraction of sp³-hybridized carbons (Fsp3) is 0.952. The van der Waals surface area contributed by atoms with E-state index in [1.165, 1.54) is 83.5 Å². The summed E-state index contributed by atoms with van der Waals surface area (Å²) < 4.78 is 5.05. The van der Waals surface area contributed by atoms with E-state index in [-0.39, 0.29) is 6.09 Å². The van der Waals surface area contributed by atoms with Gasteiger partial charge in [0.2, 0.25) is 0 Å². The van der Waals surface area contributed by atoms with Crippen LogP contribution in [-0.2, 0) is 4.74 Å². The molecule has 144 valence electrons. The monoisotopic (exact) mass is 341 g/mol. The van der Waals surface area contributed by atoms with E-state index in [1.807, 2.05) is 0 Å². The lowest BCUT2D eigenvalue weighted by Crippen LogP contribution is -2.25. The molecule has 0 saturated heterocycles. The molecule has 0 fully saturated rings. The molecule has 0 rings (SSSR count). The topological polar surface area (TPSA) is 38.3 Å². The molecule has 0 aromatic rings. The number of amides is 1. The van der Waals surface area contributed by atoms with Gasteiger partial charge in [-0.3, -0.25) is 0 Å². The maximum Gasteiger partial charge on any atom is 0.407 e. The highest BCUT2D eigenvalue weighted by molar-refractivity contribution is 5.66. The maximum absolute atomic E-state index is 11.3. The number of rotatable bonds is 18. The predicted octanol–water partition coefficient (Wildman–Crippen LogP) is 6.99. The zero-order valence-electron chi connectivity index (χ0n) is 16.5. The molecule has 0 aromatic heterocycles. The first-order chi connectivity index (χ1) is 11.8. The minimum atomic E-state index is -0.252. The molecular weight excluding hydrogens is 298 g/mol. The van der Waals surface area contributed by atoms with E-state index in [1.54, 1.807) is 0 Å². The van der Waals surface area contributed by atoms with Crippen molar-refractivity contribution in [2.45, 2.75) is 117 Å². The molecule has 0 saturated carbocycles. The van der Waals surface area contributed by atoms with Gasteiger partial charge in [0.05, 0.1) is 6.61 Å². The largest absolute Gasteiger partial charge is 0.450 e. The highest BCUT2D eigenvalue weighted by atomic mass is 16.5. The maximum atomic E-state index is 11.3. The zero-order valence-corrected chi connectivity index (χ0v) is 16.5. The predicted molar refractivity (Wildman–Crippen MR) is 105 cm³/mol. The molecule has 0 heterocycles. The van der Waals surface area contributed by atoms with E-state index in [2.05, 4.69) is 19.2 Å². The van der Waals surface area contributed by atoms with Crippen molar-refractivity contribution in [3.63, 3.8) is 0 Å².